The van der Waals surface area contributed by atoms with E-state index in [4.69, 9.17) is 4.74 Å². The summed E-state index contributed by atoms with van der Waals surface area (Å²) in [4.78, 5) is 26.9. The number of nitrogens with one attached hydrogen (secondary N) is 1. The van der Waals surface area contributed by atoms with Crippen LogP contribution in [0, 0.1) is 17.0 Å². The normalized spacial score (nSPS) is 20.6. The first-order valence-electron chi connectivity index (χ1n) is 12.9. The van der Waals surface area contributed by atoms with Gasteiger partial charge in [-0.1, -0.05) is 17.7 Å². The monoisotopic (exact) mass is 534 g/mol. The number of amides is 1. The molecule has 8 nitrogen and oxygen atoms in total. The van der Waals surface area contributed by atoms with E-state index in [2.05, 4.69) is 41.4 Å². The lowest BCUT2D eigenvalue weighted by Crippen LogP contribution is -2.39. The van der Waals surface area contributed by atoms with Crippen LogP contribution in [0.15, 0.2) is 42.5 Å². The van der Waals surface area contributed by atoms with Gasteiger partial charge in [-0.25, -0.2) is 0 Å². The van der Waals surface area contributed by atoms with Crippen LogP contribution in [-0.4, -0.2) is 60.7 Å². The van der Waals surface area contributed by atoms with Gasteiger partial charge in [0.25, 0.3) is 5.69 Å². The number of carbonyl (C=O) groups is 1. The van der Waals surface area contributed by atoms with E-state index in [1.54, 1.807) is 0 Å². The van der Waals surface area contributed by atoms with Gasteiger partial charge in [0.15, 0.2) is 0 Å². The minimum absolute atomic E-state index is 0.0184. The lowest BCUT2D eigenvalue weighted by molar-refractivity contribution is -0.388. The van der Waals surface area contributed by atoms with Crippen molar-refractivity contribution in [1.82, 2.24) is 4.90 Å². The number of anilines is 2. The van der Waals surface area contributed by atoms with Crippen LogP contribution in [0.2, 0.25) is 0 Å². The summed E-state index contributed by atoms with van der Waals surface area (Å²) in [7, 11) is 0. The summed E-state index contributed by atoms with van der Waals surface area (Å²) < 4.78 is 45.7. The van der Waals surface area contributed by atoms with Crippen molar-refractivity contribution in [3.63, 3.8) is 0 Å². The van der Waals surface area contributed by atoms with E-state index in [9.17, 15) is 28.1 Å². The number of aryl methyl sites for hydroxylation is 1. The average molecular weight is 535 g/mol. The molecule has 2 aromatic carbocycles. The Balaban J connectivity index is 1.22. The number of nitrogens with zero attached hydrogens (tertiary/aromatic N) is 3. The Morgan fingerprint density at radius 3 is 2.42 bits per heavy atom. The number of nitro benzene ring substituents is 1. The summed E-state index contributed by atoms with van der Waals surface area (Å²) in [6.07, 6.45) is -1.36. The molecule has 0 bridgehead atoms. The number of halogens is 3. The van der Waals surface area contributed by atoms with Gasteiger partial charge in [0.2, 0.25) is 5.91 Å². The average Bonchev–Trinajstić information content (AvgIpc) is 3.14. The standard InChI is InChI=1S/C27H33F3N4O4/c1-19-3-8-22(9-4-19)32-13-2-14-33(16-15-32)26(35)18-38-23-10-5-20(6-11-23)31-21-7-12-25(34(36)37)24(17-21)27(28,29)30/h3-4,7-9,12,17,20,23,31H,2,5-6,10-11,13-16,18H2,1H3. The number of ether oxygens (including phenoxy) is 1. The molecule has 1 aliphatic heterocycles. The van der Waals surface area contributed by atoms with E-state index >= 15 is 0 Å². The Bertz CT molecular complexity index is 1120. The molecule has 2 fully saturated rings. The van der Waals surface area contributed by atoms with Crippen molar-refractivity contribution in [3.8, 4) is 0 Å². The van der Waals surface area contributed by atoms with Crippen molar-refractivity contribution in [3.05, 3.63) is 63.7 Å². The van der Waals surface area contributed by atoms with E-state index in [0.717, 1.165) is 37.3 Å². The van der Waals surface area contributed by atoms with Gasteiger partial charge in [-0.15, -0.1) is 0 Å². The molecule has 1 N–H and O–H groups in total. The number of alkyl halides is 3. The number of benzene rings is 2. The zero-order valence-electron chi connectivity index (χ0n) is 21.4. The third-order valence-corrected chi connectivity index (χ3v) is 7.23. The summed E-state index contributed by atoms with van der Waals surface area (Å²) in [6, 6.07) is 11.3. The number of carbonyl (C=O) groups excluding carboxylic acids is 1. The van der Waals surface area contributed by atoms with Crippen LogP contribution in [0.3, 0.4) is 0 Å². The SMILES string of the molecule is Cc1ccc(N2CCCN(C(=O)COC3CCC(Nc4ccc([N+](=O)[O-])c(C(F)(F)F)c4)CC3)CC2)cc1. The molecule has 1 amide bonds. The van der Waals surface area contributed by atoms with Crippen molar-refractivity contribution in [2.75, 3.05) is 43.0 Å². The number of hydrogen-bond acceptors (Lipinski definition) is 6. The van der Waals surface area contributed by atoms with E-state index in [0.29, 0.717) is 38.8 Å². The second-order valence-electron chi connectivity index (χ2n) is 9.97. The molecule has 0 unspecified atom stereocenters. The van der Waals surface area contributed by atoms with Crippen molar-refractivity contribution >= 4 is 23.0 Å². The Morgan fingerprint density at radius 1 is 1.05 bits per heavy atom. The molecular weight excluding hydrogens is 501 g/mol. The molecule has 0 radical (unpaired) electrons. The van der Waals surface area contributed by atoms with Gasteiger partial charge in [0, 0.05) is 49.7 Å². The molecule has 2 aromatic rings. The zero-order valence-corrected chi connectivity index (χ0v) is 21.4. The minimum atomic E-state index is -4.82. The molecule has 0 spiro atoms. The molecule has 0 aromatic heterocycles. The molecule has 11 heteroatoms. The van der Waals surface area contributed by atoms with Crippen molar-refractivity contribution in [2.24, 2.45) is 0 Å². The van der Waals surface area contributed by atoms with Crippen molar-refractivity contribution < 1.29 is 27.6 Å². The Labute approximate surface area is 219 Å². The highest BCUT2D eigenvalue weighted by molar-refractivity contribution is 5.77. The van der Waals surface area contributed by atoms with Crippen LogP contribution in [0.25, 0.3) is 0 Å². The maximum atomic E-state index is 13.3. The second-order valence-corrected chi connectivity index (χ2v) is 9.97. The fraction of sp³-hybridized carbons (Fsp3) is 0.519. The fourth-order valence-electron chi connectivity index (χ4n) is 5.08. The maximum absolute atomic E-state index is 13.3. The third kappa shape index (κ3) is 7.15. The molecule has 206 valence electrons. The topological polar surface area (TPSA) is 88.0 Å². The van der Waals surface area contributed by atoms with Crippen molar-refractivity contribution in [1.29, 1.82) is 0 Å². The smallest absolute Gasteiger partial charge is 0.382 e. The molecule has 1 aliphatic carbocycles. The van der Waals surface area contributed by atoms with Crippen LogP contribution in [0.1, 0.15) is 43.2 Å². The van der Waals surface area contributed by atoms with Gasteiger partial charge >= 0.3 is 6.18 Å². The van der Waals surface area contributed by atoms with E-state index in [1.807, 2.05) is 4.90 Å². The van der Waals surface area contributed by atoms with Crippen LogP contribution >= 0.6 is 0 Å². The number of hydrogen-bond donors (Lipinski definition) is 1. The van der Waals surface area contributed by atoms with Gasteiger partial charge in [0.05, 0.1) is 11.0 Å². The minimum Gasteiger partial charge on any atom is -0.382 e. The molecule has 2 aliphatic rings. The van der Waals surface area contributed by atoms with Gasteiger partial charge in [-0.05, 0) is 63.3 Å². The predicted octanol–water partition coefficient (Wildman–Crippen LogP) is 5.40. The molecule has 0 atom stereocenters. The van der Waals surface area contributed by atoms with Crippen LogP contribution in [0.5, 0.6) is 0 Å². The van der Waals surface area contributed by atoms with Gasteiger partial charge in [-0.2, -0.15) is 13.2 Å². The molecular formula is C27H33F3N4O4. The quantitative estimate of drug-likeness (QED) is 0.378. The largest absolute Gasteiger partial charge is 0.423 e. The van der Waals surface area contributed by atoms with Crippen LogP contribution < -0.4 is 10.2 Å². The Hall–Kier alpha value is -3.34. The zero-order chi connectivity index (χ0) is 27.3. The molecule has 4 rings (SSSR count). The van der Waals surface area contributed by atoms with Crippen molar-refractivity contribution in [2.45, 2.75) is 57.3 Å². The molecule has 38 heavy (non-hydrogen) atoms. The van der Waals surface area contributed by atoms with E-state index in [1.165, 1.54) is 11.6 Å². The van der Waals surface area contributed by atoms with Crippen LogP contribution in [0.4, 0.5) is 30.2 Å². The number of nitro groups is 1. The highest BCUT2D eigenvalue weighted by Gasteiger charge is 2.38. The molecule has 1 saturated carbocycles. The first-order valence-corrected chi connectivity index (χ1v) is 12.9. The third-order valence-electron chi connectivity index (χ3n) is 7.23. The van der Waals surface area contributed by atoms with Gasteiger partial charge < -0.3 is 19.9 Å². The predicted molar refractivity (Wildman–Crippen MR) is 138 cm³/mol. The van der Waals surface area contributed by atoms with Gasteiger partial charge in [-0.3, -0.25) is 14.9 Å². The second kappa shape index (κ2) is 12.0. The highest BCUT2D eigenvalue weighted by Crippen LogP contribution is 2.38. The summed E-state index contributed by atoms with van der Waals surface area (Å²) in [5, 5.41) is 14.0. The highest BCUT2D eigenvalue weighted by atomic mass is 19.4. The summed E-state index contributed by atoms with van der Waals surface area (Å²) in [5.74, 6) is -0.0263. The van der Waals surface area contributed by atoms with E-state index < -0.39 is 22.4 Å². The Morgan fingerprint density at radius 2 is 1.76 bits per heavy atom. The Kier molecular flexibility index (Phi) is 8.76. The maximum Gasteiger partial charge on any atom is 0.423 e. The van der Waals surface area contributed by atoms with Crippen LogP contribution in [-0.2, 0) is 15.7 Å². The van der Waals surface area contributed by atoms with E-state index in [-0.39, 0.29) is 30.3 Å². The number of rotatable bonds is 7. The summed E-state index contributed by atoms with van der Waals surface area (Å²) >= 11 is 0. The first-order chi connectivity index (χ1) is 18.1. The lowest BCUT2D eigenvalue weighted by Gasteiger charge is -2.30. The lowest BCUT2D eigenvalue weighted by atomic mass is 9.92. The summed E-state index contributed by atoms with van der Waals surface area (Å²) in [6.45, 7) is 5.07. The summed E-state index contributed by atoms with van der Waals surface area (Å²) in [5.41, 5.74) is 0.345. The first kappa shape index (κ1) is 27.7. The molecule has 1 heterocycles. The van der Waals surface area contributed by atoms with Gasteiger partial charge in [0.1, 0.15) is 12.2 Å². The molecule has 1 saturated heterocycles. The fourth-order valence-corrected chi connectivity index (χ4v) is 5.08.